The van der Waals surface area contributed by atoms with Crippen LogP contribution in [0.2, 0.25) is 0 Å². The van der Waals surface area contributed by atoms with Crippen molar-refractivity contribution in [2.75, 3.05) is 34.2 Å². The Balaban J connectivity index is 1.57. The summed E-state index contributed by atoms with van der Waals surface area (Å²) in [6, 6.07) is 34.3. The second-order valence-electron chi connectivity index (χ2n) is 12.0. The third-order valence-electron chi connectivity index (χ3n) is 8.80. The average Bonchev–Trinajstić information content (AvgIpc) is 3.15. The minimum absolute atomic E-state index is 0.0331. The van der Waals surface area contributed by atoms with Crippen molar-refractivity contribution in [1.82, 2.24) is 9.80 Å². The minimum atomic E-state index is -0.443. The fraction of sp³-hybridized carbons (Fsp3) is 0.325. The number of amides is 2. The van der Waals surface area contributed by atoms with E-state index in [4.69, 9.17) is 25.5 Å². The molecule has 0 N–H and O–H groups in total. The third-order valence-corrected chi connectivity index (χ3v) is 8.80. The van der Waals surface area contributed by atoms with Crippen LogP contribution < -0.4 is 4.74 Å². The van der Waals surface area contributed by atoms with Crippen LogP contribution in [0.15, 0.2) is 103 Å². The Kier molecular flexibility index (Phi) is 12.8. The van der Waals surface area contributed by atoms with Crippen molar-refractivity contribution in [2.24, 2.45) is 0 Å². The molecule has 4 aromatic carbocycles. The van der Waals surface area contributed by atoms with E-state index in [0.29, 0.717) is 56.8 Å². The molecule has 1 saturated heterocycles. The van der Waals surface area contributed by atoms with E-state index in [2.05, 4.69) is 23.0 Å². The number of aryl methyl sites for hydroxylation is 1. The molecular formula is C40H42N4O5. The quantitative estimate of drug-likeness (QED) is 0.0721. The van der Waals surface area contributed by atoms with Gasteiger partial charge in [-0.05, 0) is 65.8 Å². The first-order valence-electron chi connectivity index (χ1n) is 16.4. The molecule has 49 heavy (non-hydrogen) atoms. The molecule has 1 aliphatic rings. The highest BCUT2D eigenvalue weighted by Gasteiger charge is 2.47. The monoisotopic (exact) mass is 658 g/mol. The lowest BCUT2D eigenvalue weighted by Crippen LogP contribution is -2.66. The molecule has 5 rings (SSSR count). The first-order chi connectivity index (χ1) is 24.0. The van der Waals surface area contributed by atoms with Gasteiger partial charge in [0.05, 0.1) is 50.6 Å². The first kappa shape index (κ1) is 35.1. The van der Waals surface area contributed by atoms with Gasteiger partial charge in [-0.2, -0.15) is 5.26 Å². The van der Waals surface area contributed by atoms with Crippen LogP contribution in [0.1, 0.15) is 34.2 Å². The largest absolute Gasteiger partial charge is 0.497 e. The summed E-state index contributed by atoms with van der Waals surface area (Å²) < 4.78 is 23.1. The number of hydrogen-bond donors (Lipinski definition) is 0. The zero-order chi connectivity index (χ0) is 34.4. The van der Waals surface area contributed by atoms with Crippen LogP contribution in [0, 0.1) is 17.9 Å². The maximum absolute atomic E-state index is 14.9. The summed E-state index contributed by atoms with van der Waals surface area (Å²) in [6.07, 6.45) is 1.45. The van der Waals surface area contributed by atoms with Crippen molar-refractivity contribution < 1.29 is 23.7 Å². The Morgan fingerprint density at radius 2 is 1.49 bits per heavy atom. The van der Waals surface area contributed by atoms with Gasteiger partial charge < -0.3 is 28.7 Å². The summed E-state index contributed by atoms with van der Waals surface area (Å²) in [6.45, 7) is 9.00. The summed E-state index contributed by atoms with van der Waals surface area (Å²) >= 11 is 0. The predicted octanol–water partition coefficient (Wildman–Crippen LogP) is 7.17. The summed E-state index contributed by atoms with van der Waals surface area (Å²) in [7, 11) is 3.27. The second kappa shape index (κ2) is 17.8. The summed E-state index contributed by atoms with van der Waals surface area (Å²) in [5, 5.41) is 9.63. The molecule has 0 radical (unpaired) electrons. The molecule has 0 unspecified atom stereocenters. The van der Waals surface area contributed by atoms with E-state index in [0.717, 1.165) is 28.0 Å². The number of hydrogen-bond acceptors (Lipinski definition) is 6. The van der Waals surface area contributed by atoms with Gasteiger partial charge in [-0.3, -0.25) is 0 Å². The van der Waals surface area contributed by atoms with Gasteiger partial charge in [-0.1, -0.05) is 78.9 Å². The highest BCUT2D eigenvalue weighted by molar-refractivity contribution is 5.77. The Hall–Kier alpha value is -5.19. The highest BCUT2D eigenvalue weighted by atomic mass is 16.7. The maximum Gasteiger partial charge on any atom is 0.321 e. The van der Waals surface area contributed by atoms with Crippen LogP contribution in [0.4, 0.5) is 10.5 Å². The van der Waals surface area contributed by atoms with Crippen molar-refractivity contribution in [3.63, 3.8) is 0 Å². The molecule has 0 aliphatic carbocycles. The number of benzene rings is 4. The van der Waals surface area contributed by atoms with E-state index in [1.165, 1.54) is 0 Å². The van der Waals surface area contributed by atoms with Crippen LogP contribution in [0.25, 0.3) is 4.85 Å². The minimum Gasteiger partial charge on any atom is -0.497 e. The lowest BCUT2D eigenvalue weighted by atomic mass is 9.87. The van der Waals surface area contributed by atoms with Gasteiger partial charge in [0, 0.05) is 20.2 Å². The molecule has 0 spiro atoms. The van der Waals surface area contributed by atoms with Gasteiger partial charge in [0.1, 0.15) is 18.6 Å². The molecule has 1 fully saturated rings. The van der Waals surface area contributed by atoms with Crippen LogP contribution in [-0.4, -0.2) is 68.2 Å². The third kappa shape index (κ3) is 9.46. The predicted molar refractivity (Wildman–Crippen MR) is 187 cm³/mol. The van der Waals surface area contributed by atoms with E-state index in [1.807, 2.05) is 88.7 Å². The number of nitrogens with zero attached hydrogens (tertiary/aromatic N) is 4. The molecule has 252 valence electrons. The van der Waals surface area contributed by atoms with Crippen LogP contribution in [0.3, 0.4) is 0 Å². The molecule has 0 bridgehead atoms. The molecule has 1 aliphatic heterocycles. The smallest absolute Gasteiger partial charge is 0.321 e. The zero-order valence-electron chi connectivity index (χ0n) is 28.0. The molecular weight excluding hydrogens is 616 g/mol. The lowest BCUT2D eigenvalue weighted by molar-refractivity contribution is -0.150. The Bertz CT molecular complexity index is 1730. The molecule has 1 heterocycles. The van der Waals surface area contributed by atoms with Crippen molar-refractivity contribution in [1.29, 1.82) is 5.26 Å². The number of methoxy groups -OCH3 is 2. The normalized spacial score (nSPS) is 17.4. The molecule has 3 atom stereocenters. The Labute approximate surface area is 289 Å². The van der Waals surface area contributed by atoms with Gasteiger partial charge >= 0.3 is 6.03 Å². The van der Waals surface area contributed by atoms with Gasteiger partial charge in [-0.15, -0.1) is 0 Å². The highest BCUT2D eigenvalue weighted by Crippen LogP contribution is 2.33. The topological polar surface area (TPSA) is 88.6 Å². The summed E-state index contributed by atoms with van der Waals surface area (Å²) in [4.78, 5) is 22.3. The number of carbonyl (C=O) groups excluding carboxylic acids is 1. The summed E-state index contributed by atoms with van der Waals surface area (Å²) in [5.74, 6) is 0.783. The lowest BCUT2D eigenvalue weighted by Gasteiger charge is -2.51. The van der Waals surface area contributed by atoms with Crippen LogP contribution >= 0.6 is 0 Å². The fourth-order valence-electron chi connectivity index (χ4n) is 6.35. The number of carbonyl (C=O) groups is 1. The van der Waals surface area contributed by atoms with Crippen molar-refractivity contribution in [2.45, 2.75) is 50.5 Å². The molecule has 2 amide bonds. The van der Waals surface area contributed by atoms with Gasteiger partial charge in [0.15, 0.2) is 5.69 Å². The number of urea groups is 1. The van der Waals surface area contributed by atoms with Gasteiger partial charge in [0.25, 0.3) is 0 Å². The molecule has 9 nitrogen and oxygen atoms in total. The number of ether oxygens (including phenoxy) is 4. The van der Waals surface area contributed by atoms with E-state index in [-0.39, 0.29) is 24.9 Å². The van der Waals surface area contributed by atoms with E-state index in [9.17, 15) is 10.1 Å². The Morgan fingerprint density at radius 3 is 2.18 bits per heavy atom. The van der Waals surface area contributed by atoms with Gasteiger partial charge in [-0.25, -0.2) is 9.64 Å². The molecule has 9 heteroatoms. The maximum atomic E-state index is 14.9. The second-order valence-corrected chi connectivity index (χ2v) is 12.0. The Morgan fingerprint density at radius 1 is 0.796 bits per heavy atom. The standard InChI is InChI=1S/C40H42N4O5/c1-42-35-14-8-13-34(24-35)28-44-38(25-31-9-5-4-6-10-31)39(49-29-48-22-21-46-2)37(20-17-30-15-18-36(47-3)19-16-30)43(40(44)45)27-33-12-7-11-32(23-33)26-41/h4-16,18-19,23-24,37-39H,17,20-22,25,27-29H2,2-3H3/t37-,38-,39-/m1/s1. The van der Waals surface area contributed by atoms with Crippen LogP contribution in [0.5, 0.6) is 5.75 Å². The van der Waals surface area contributed by atoms with Crippen molar-refractivity contribution in [3.05, 3.63) is 142 Å². The van der Waals surface area contributed by atoms with Crippen molar-refractivity contribution in [3.8, 4) is 11.8 Å². The molecule has 0 saturated carbocycles. The zero-order valence-corrected chi connectivity index (χ0v) is 28.0. The van der Waals surface area contributed by atoms with Gasteiger partial charge in [0.2, 0.25) is 0 Å². The first-order valence-corrected chi connectivity index (χ1v) is 16.4. The number of nitriles is 1. The average molecular weight is 659 g/mol. The van der Waals surface area contributed by atoms with Crippen LogP contribution in [-0.2, 0) is 40.1 Å². The summed E-state index contributed by atoms with van der Waals surface area (Å²) in [5.41, 5.74) is 4.96. The fourth-order valence-corrected chi connectivity index (χ4v) is 6.35. The molecule has 4 aromatic rings. The van der Waals surface area contributed by atoms with E-state index >= 15 is 0 Å². The SMILES string of the molecule is [C-]#[N+]c1cccc(CN2C(=O)N(Cc3cccc(C#N)c3)[C@H](CCc3ccc(OC)cc3)[C@@H](OCOCCOC)[C@H]2Cc2ccccc2)c1. The molecule has 0 aromatic heterocycles. The van der Waals surface area contributed by atoms with E-state index < -0.39 is 6.10 Å². The number of rotatable bonds is 16. The van der Waals surface area contributed by atoms with Crippen molar-refractivity contribution >= 4 is 11.7 Å². The van der Waals surface area contributed by atoms with E-state index in [1.54, 1.807) is 26.4 Å².